The molecular weight excluding hydrogens is 328 g/mol. The highest BCUT2D eigenvalue weighted by Crippen LogP contribution is 2.24. The van der Waals surface area contributed by atoms with Gasteiger partial charge in [-0.05, 0) is 30.0 Å². The van der Waals surface area contributed by atoms with Crippen LogP contribution in [-0.2, 0) is 0 Å². The van der Waals surface area contributed by atoms with Gasteiger partial charge in [0.05, 0.1) is 0 Å². The van der Waals surface area contributed by atoms with Gasteiger partial charge in [0.1, 0.15) is 10.2 Å². The van der Waals surface area contributed by atoms with Gasteiger partial charge in [0.25, 0.3) is 0 Å². The molecule has 0 amide bonds. The summed E-state index contributed by atoms with van der Waals surface area (Å²) in [7, 11) is 0. The lowest BCUT2D eigenvalue weighted by Crippen LogP contribution is -2.29. The lowest BCUT2D eigenvalue weighted by Gasteiger charge is -2.08. The second-order valence-corrected chi connectivity index (χ2v) is 5.39. The second-order valence-electron chi connectivity index (χ2n) is 3.61. The molecule has 0 aliphatic heterocycles. The normalized spacial score (nSPS) is 9.95. The number of aromatic nitrogens is 4. The Bertz CT molecular complexity index is 637. The van der Waals surface area contributed by atoms with Crippen molar-refractivity contribution in [3.63, 3.8) is 0 Å². The molecule has 0 saturated heterocycles. The Morgan fingerprint density at radius 3 is 2.86 bits per heavy atom. The van der Waals surface area contributed by atoms with Crippen LogP contribution in [0, 0.1) is 0 Å². The molecule has 0 unspecified atom stereocenters. The van der Waals surface area contributed by atoms with Gasteiger partial charge in [0.2, 0.25) is 5.95 Å². The molecule has 21 heavy (non-hydrogen) atoms. The lowest BCUT2D eigenvalue weighted by atomic mass is 10.6. The van der Waals surface area contributed by atoms with Crippen molar-refractivity contribution in [2.24, 2.45) is 0 Å². The van der Waals surface area contributed by atoms with Crippen LogP contribution >= 0.6 is 35.6 Å². The Kier molecular flexibility index (Phi) is 5.85. The van der Waals surface area contributed by atoms with Gasteiger partial charge >= 0.3 is 0 Å². The van der Waals surface area contributed by atoms with E-state index >= 15 is 0 Å². The zero-order valence-electron chi connectivity index (χ0n) is 10.8. The molecule has 9 heteroatoms. The molecule has 2 aromatic heterocycles. The predicted octanol–water partition coefficient (Wildman–Crippen LogP) is 2.54. The van der Waals surface area contributed by atoms with Gasteiger partial charge < -0.3 is 10.6 Å². The molecule has 2 heterocycles. The van der Waals surface area contributed by atoms with Crippen LogP contribution in [0.3, 0.4) is 0 Å². The molecule has 0 radical (unpaired) electrons. The zero-order chi connectivity index (χ0) is 15.1. The monoisotopic (exact) mass is 338 g/mol. The highest BCUT2D eigenvalue weighted by atomic mass is 35.5. The smallest absolute Gasteiger partial charge is 0.231 e. The van der Waals surface area contributed by atoms with Gasteiger partial charge in [-0.1, -0.05) is 17.7 Å². The summed E-state index contributed by atoms with van der Waals surface area (Å²) in [6.45, 7) is 4.14. The highest BCUT2D eigenvalue weighted by Gasteiger charge is 2.07. The maximum Gasteiger partial charge on any atom is 0.231 e. The third-order valence-electron chi connectivity index (χ3n) is 2.04. The van der Waals surface area contributed by atoms with Crippen molar-refractivity contribution in [2.75, 3.05) is 11.9 Å². The highest BCUT2D eigenvalue weighted by molar-refractivity contribution is 7.99. The average Bonchev–Trinajstić information content (AvgIpc) is 2.45. The first-order valence-electron chi connectivity index (χ1n) is 5.82. The van der Waals surface area contributed by atoms with Crippen LogP contribution in [0.4, 0.5) is 5.95 Å². The largest absolute Gasteiger partial charge is 0.359 e. The number of halogens is 1. The van der Waals surface area contributed by atoms with E-state index < -0.39 is 0 Å². The third kappa shape index (κ3) is 5.25. The van der Waals surface area contributed by atoms with Crippen LogP contribution in [-0.4, -0.2) is 31.6 Å². The van der Waals surface area contributed by atoms with E-state index in [1.54, 1.807) is 30.6 Å². The van der Waals surface area contributed by atoms with Gasteiger partial charge in [0.15, 0.2) is 10.3 Å². The maximum atomic E-state index is 5.98. The van der Waals surface area contributed by atoms with Crippen molar-refractivity contribution in [3.8, 4) is 0 Å². The summed E-state index contributed by atoms with van der Waals surface area (Å²) in [5.41, 5.74) is 0. The van der Waals surface area contributed by atoms with Crippen LogP contribution in [0.2, 0.25) is 5.15 Å². The summed E-state index contributed by atoms with van der Waals surface area (Å²) in [4.78, 5) is 16.6. The molecule has 0 atom stereocenters. The molecule has 0 spiro atoms. The van der Waals surface area contributed by atoms with Crippen LogP contribution in [0.5, 0.6) is 0 Å². The molecule has 0 aromatic carbocycles. The van der Waals surface area contributed by atoms with Crippen molar-refractivity contribution in [1.29, 1.82) is 0 Å². The SMILES string of the molecule is C=CCNC(=S)Nc1nc(Cl)cc(Sc2ncccn2)n1. The first-order chi connectivity index (χ1) is 10.2. The molecule has 6 nitrogen and oxygen atoms in total. The Balaban J connectivity index is 2.10. The molecule has 2 rings (SSSR count). The summed E-state index contributed by atoms with van der Waals surface area (Å²) in [6, 6.07) is 3.38. The minimum absolute atomic E-state index is 0.303. The number of anilines is 1. The first-order valence-corrected chi connectivity index (χ1v) is 7.43. The summed E-state index contributed by atoms with van der Waals surface area (Å²) >= 11 is 12.4. The molecule has 0 bridgehead atoms. The number of thiocarbonyl (C=S) groups is 1. The molecule has 0 fully saturated rings. The van der Waals surface area contributed by atoms with Gasteiger partial charge in [-0.3, -0.25) is 0 Å². The number of nitrogens with one attached hydrogen (secondary N) is 2. The van der Waals surface area contributed by atoms with Gasteiger partial charge in [-0.2, -0.15) is 0 Å². The van der Waals surface area contributed by atoms with E-state index in [1.807, 2.05) is 0 Å². The quantitative estimate of drug-likeness (QED) is 0.373. The zero-order valence-corrected chi connectivity index (χ0v) is 13.2. The summed E-state index contributed by atoms with van der Waals surface area (Å²) < 4.78 is 0. The average molecular weight is 339 g/mol. The van der Waals surface area contributed by atoms with Crippen LogP contribution in [0.1, 0.15) is 0 Å². The summed E-state index contributed by atoms with van der Waals surface area (Å²) in [5, 5.41) is 7.66. The van der Waals surface area contributed by atoms with Crippen LogP contribution in [0.15, 0.2) is 47.4 Å². The fourth-order valence-corrected chi connectivity index (χ4v) is 2.39. The minimum Gasteiger partial charge on any atom is -0.359 e. The fraction of sp³-hybridized carbons (Fsp3) is 0.0833. The molecular formula is C12H11ClN6S2. The standard InChI is InChI=1S/C12H11ClN6S2/c1-2-4-14-11(20)19-10-17-8(13)7-9(18-10)21-12-15-5-3-6-16-12/h2-3,5-7H,1,4H2,(H2,14,17,18,19,20). The number of rotatable bonds is 5. The molecule has 0 saturated carbocycles. The summed E-state index contributed by atoms with van der Waals surface area (Å²) in [6.07, 6.45) is 5.01. The van der Waals surface area contributed by atoms with Crippen molar-refractivity contribution < 1.29 is 0 Å². The van der Waals surface area contributed by atoms with Crippen LogP contribution in [0.25, 0.3) is 0 Å². The van der Waals surface area contributed by atoms with E-state index in [0.29, 0.717) is 32.9 Å². The van der Waals surface area contributed by atoms with E-state index in [2.05, 4.69) is 37.1 Å². The first kappa shape index (κ1) is 15.6. The fourth-order valence-electron chi connectivity index (χ4n) is 1.25. The Morgan fingerprint density at radius 2 is 2.14 bits per heavy atom. The number of hydrogen-bond donors (Lipinski definition) is 2. The Hall–Kier alpha value is -1.77. The molecule has 0 aliphatic rings. The van der Waals surface area contributed by atoms with E-state index in [9.17, 15) is 0 Å². The van der Waals surface area contributed by atoms with Crippen molar-refractivity contribution >= 4 is 46.6 Å². The van der Waals surface area contributed by atoms with Gasteiger partial charge in [-0.25, -0.2) is 19.9 Å². The molecule has 2 aromatic rings. The number of nitrogens with zero attached hydrogens (tertiary/aromatic N) is 4. The van der Waals surface area contributed by atoms with Crippen LogP contribution < -0.4 is 10.6 Å². The van der Waals surface area contributed by atoms with E-state index in [0.717, 1.165) is 0 Å². The minimum atomic E-state index is 0.303. The van der Waals surface area contributed by atoms with E-state index in [1.165, 1.54) is 11.8 Å². The molecule has 108 valence electrons. The lowest BCUT2D eigenvalue weighted by molar-refractivity contribution is 0.956. The van der Waals surface area contributed by atoms with E-state index in [-0.39, 0.29) is 0 Å². The number of hydrogen-bond acceptors (Lipinski definition) is 6. The Morgan fingerprint density at radius 1 is 1.38 bits per heavy atom. The van der Waals surface area contributed by atoms with Gasteiger partial charge in [-0.15, -0.1) is 6.58 Å². The third-order valence-corrected chi connectivity index (χ3v) is 3.29. The summed E-state index contributed by atoms with van der Waals surface area (Å²) in [5.74, 6) is 0.308. The maximum absolute atomic E-state index is 5.98. The van der Waals surface area contributed by atoms with E-state index in [4.69, 9.17) is 23.8 Å². The topological polar surface area (TPSA) is 75.6 Å². The van der Waals surface area contributed by atoms with Crippen molar-refractivity contribution in [3.05, 3.63) is 42.3 Å². The van der Waals surface area contributed by atoms with Crippen molar-refractivity contribution in [2.45, 2.75) is 10.2 Å². The molecule has 0 aliphatic carbocycles. The predicted molar refractivity (Wildman–Crippen MR) is 87.6 cm³/mol. The second kappa shape index (κ2) is 7.87. The Labute approximate surface area is 136 Å². The molecule has 2 N–H and O–H groups in total. The van der Waals surface area contributed by atoms with Crippen molar-refractivity contribution in [1.82, 2.24) is 25.3 Å². The van der Waals surface area contributed by atoms with Gasteiger partial charge in [0, 0.05) is 25.0 Å².